The molecule has 0 bridgehead atoms. The molecule has 0 unspecified atom stereocenters. The van der Waals surface area contributed by atoms with Gasteiger partial charge in [0.25, 0.3) is 5.89 Å². The molecule has 1 aliphatic rings. The van der Waals surface area contributed by atoms with E-state index in [0.717, 1.165) is 49.7 Å². The fourth-order valence-electron chi connectivity index (χ4n) is 2.96. The first-order valence-electron chi connectivity index (χ1n) is 8.70. The molecule has 2 aromatic heterocycles. The molecule has 7 nitrogen and oxygen atoms in total. The summed E-state index contributed by atoms with van der Waals surface area (Å²) in [5.74, 6) is 1.04. The molecule has 27 heavy (non-hydrogen) atoms. The van der Waals surface area contributed by atoms with Crippen molar-refractivity contribution < 1.29 is 9.26 Å². The molecule has 4 rings (SSSR count). The number of ether oxygens (including phenoxy) is 1. The molecule has 0 radical (unpaired) electrons. The molecular weight excluding hydrogens is 366 g/mol. The van der Waals surface area contributed by atoms with E-state index in [1.807, 2.05) is 24.3 Å². The third-order valence-electron chi connectivity index (χ3n) is 4.42. The van der Waals surface area contributed by atoms with Crippen molar-refractivity contribution in [2.24, 2.45) is 5.73 Å². The van der Waals surface area contributed by atoms with Crippen LogP contribution in [0.25, 0.3) is 22.8 Å². The number of aromatic nitrogens is 3. The lowest BCUT2D eigenvalue weighted by molar-refractivity contribution is 0.0342. The van der Waals surface area contributed by atoms with Crippen LogP contribution >= 0.6 is 12.4 Å². The van der Waals surface area contributed by atoms with Gasteiger partial charge in [-0.2, -0.15) is 4.98 Å². The Balaban J connectivity index is 0.00000210. The molecule has 0 saturated carbocycles. The Morgan fingerprint density at radius 1 is 1.04 bits per heavy atom. The highest BCUT2D eigenvalue weighted by atomic mass is 35.5. The third kappa shape index (κ3) is 4.70. The number of morpholine rings is 1. The lowest BCUT2D eigenvalue weighted by atomic mass is 10.1. The number of hydrogen-bond acceptors (Lipinski definition) is 7. The van der Waals surface area contributed by atoms with Crippen LogP contribution in [0.2, 0.25) is 0 Å². The van der Waals surface area contributed by atoms with Crippen LogP contribution in [0.15, 0.2) is 47.1 Å². The number of pyridine rings is 1. The van der Waals surface area contributed by atoms with Gasteiger partial charge < -0.3 is 15.0 Å². The Bertz CT molecular complexity index is 863. The number of nitrogens with two attached hydrogens (primary N) is 1. The van der Waals surface area contributed by atoms with Gasteiger partial charge in [0.05, 0.1) is 18.9 Å². The van der Waals surface area contributed by atoms with E-state index < -0.39 is 0 Å². The highest BCUT2D eigenvalue weighted by Crippen LogP contribution is 2.23. The van der Waals surface area contributed by atoms with Crippen LogP contribution in [0.1, 0.15) is 11.3 Å². The Kier molecular flexibility index (Phi) is 6.52. The molecule has 1 aliphatic heterocycles. The Morgan fingerprint density at radius 3 is 2.56 bits per heavy atom. The van der Waals surface area contributed by atoms with Gasteiger partial charge >= 0.3 is 0 Å². The number of benzene rings is 1. The van der Waals surface area contributed by atoms with E-state index >= 15 is 0 Å². The maximum Gasteiger partial charge on any atom is 0.258 e. The van der Waals surface area contributed by atoms with E-state index in [1.165, 1.54) is 5.56 Å². The van der Waals surface area contributed by atoms with E-state index in [9.17, 15) is 0 Å². The summed E-state index contributed by atoms with van der Waals surface area (Å²) in [7, 11) is 0. The van der Waals surface area contributed by atoms with Gasteiger partial charge in [0.15, 0.2) is 0 Å². The highest BCUT2D eigenvalue weighted by molar-refractivity contribution is 5.85. The van der Waals surface area contributed by atoms with Crippen molar-refractivity contribution in [1.82, 2.24) is 20.0 Å². The van der Waals surface area contributed by atoms with Gasteiger partial charge in [-0.15, -0.1) is 12.4 Å². The molecule has 3 heterocycles. The topological polar surface area (TPSA) is 90.3 Å². The molecule has 1 saturated heterocycles. The van der Waals surface area contributed by atoms with Crippen LogP contribution in [0.4, 0.5) is 0 Å². The summed E-state index contributed by atoms with van der Waals surface area (Å²) in [4.78, 5) is 11.1. The maximum atomic E-state index is 5.63. The third-order valence-corrected chi connectivity index (χ3v) is 4.42. The average molecular weight is 388 g/mol. The van der Waals surface area contributed by atoms with E-state index in [0.29, 0.717) is 18.3 Å². The molecular formula is C19H22ClN5O2. The van der Waals surface area contributed by atoms with Crippen molar-refractivity contribution in [3.8, 4) is 22.8 Å². The molecule has 3 aromatic rings. The quantitative estimate of drug-likeness (QED) is 0.719. The fourth-order valence-corrected chi connectivity index (χ4v) is 2.96. The lowest BCUT2D eigenvalue weighted by Gasteiger charge is -2.26. The molecule has 0 spiro atoms. The molecule has 2 N–H and O–H groups in total. The van der Waals surface area contributed by atoms with Crippen molar-refractivity contribution in [3.05, 3.63) is 53.9 Å². The standard InChI is InChI=1S/C19H21N5O2.ClH/c20-12-17-11-16(5-6-21-17)19-22-18(23-26-19)15-3-1-14(2-4-15)13-24-7-9-25-10-8-24;/h1-6,11H,7-10,12-13,20H2;1H. The van der Waals surface area contributed by atoms with Gasteiger partial charge in [-0.05, 0) is 17.7 Å². The van der Waals surface area contributed by atoms with Gasteiger partial charge in [-0.3, -0.25) is 9.88 Å². The molecule has 0 aliphatic carbocycles. The van der Waals surface area contributed by atoms with Crippen LogP contribution in [-0.4, -0.2) is 46.3 Å². The summed E-state index contributed by atoms with van der Waals surface area (Å²) in [6.07, 6.45) is 1.70. The maximum absolute atomic E-state index is 5.63. The van der Waals surface area contributed by atoms with Crippen LogP contribution in [0.3, 0.4) is 0 Å². The predicted octanol–water partition coefficient (Wildman–Crippen LogP) is 2.51. The van der Waals surface area contributed by atoms with Crippen molar-refractivity contribution in [2.45, 2.75) is 13.1 Å². The van der Waals surface area contributed by atoms with Crippen LogP contribution in [-0.2, 0) is 17.8 Å². The number of nitrogens with zero attached hydrogens (tertiary/aromatic N) is 4. The normalized spacial score (nSPS) is 14.7. The molecule has 1 aromatic carbocycles. The lowest BCUT2D eigenvalue weighted by Crippen LogP contribution is -2.35. The molecule has 0 amide bonds. The summed E-state index contributed by atoms with van der Waals surface area (Å²) in [5, 5.41) is 4.10. The SMILES string of the molecule is Cl.NCc1cc(-c2nc(-c3ccc(CN4CCOCC4)cc3)no2)ccn1. The second-order valence-electron chi connectivity index (χ2n) is 6.25. The van der Waals surface area contributed by atoms with Gasteiger partial charge in [0.1, 0.15) is 0 Å². The molecule has 1 fully saturated rings. The van der Waals surface area contributed by atoms with E-state index in [1.54, 1.807) is 6.20 Å². The van der Waals surface area contributed by atoms with Crippen molar-refractivity contribution >= 4 is 12.4 Å². The average Bonchev–Trinajstić information content (AvgIpc) is 3.20. The summed E-state index contributed by atoms with van der Waals surface area (Å²) in [6.45, 7) is 4.88. The summed E-state index contributed by atoms with van der Waals surface area (Å²) < 4.78 is 10.8. The smallest absolute Gasteiger partial charge is 0.258 e. The van der Waals surface area contributed by atoms with Crippen LogP contribution in [0.5, 0.6) is 0 Å². The minimum atomic E-state index is 0. The van der Waals surface area contributed by atoms with Crippen molar-refractivity contribution in [3.63, 3.8) is 0 Å². The molecule has 8 heteroatoms. The summed E-state index contributed by atoms with van der Waals surface area (Å²) in [5.41, 5.74) is 9.44. The van der Waals surface area contributed by atoms with Crippen LogP contribution in [0, 0.1) is 0 Å². The van der Waals surface area contributed by atoms with Gasteiger partial charge in [0, 0.05) is 43.5 Å². The Morgan fingerprint density at radius 2 is 1.81 bits per heavy atom. The number of hydrogen-bond donors (Lipinski definition) is 1. The van der Waals surface area contributed by atoms with E-state index in [-0.39, 0.29) is 12.4 Å². The minimum absolute atomic E-state index is 0. The monoisotopic (exact) mass is 387 g/mol. The largest absolute Gasteiger partial charge is 0.379 e. The molecule has 142 valence electrons. The van der Waals surface area contributed by atoms with Crippen LogP contribution < -0.4 is 5.73 Å². The molecule has 0 atom stereocenters. The van der Waals surface area contributed by atoms with Crippen molar-refractivity contribution in [2.75, 3.05) is 26.3 Å². The number of halogens is 1. The van der Waals surface area contributed by atoms with Crippen molar-refractivity contribution in [1.29, 1.82) is 0 Å². The number of rotatable bonds is 5. The van der Waals surface area contributed by atoms with E-state index in [2.05, 4.69) is 32.2 Å². The Hall–Kier alpha value is -2.32. The second kappa shape index (κ2) is 9.05. The van der Waals surface area contributed by atoms with Gasteiger partial charge in [-0.25, -0.2) is 0 Å². The summed E-state index contributed by atoms with van der Waals surface area (Å²) in [6, 6.07) is 12.0. The highest BCUT2D eigenvalue weighted by Gasteiger charge is 2.13. The second-order valence-corrected chi connectivity index (χ2v) is 6.25. The van der Waals surface area contributed by atoms with E-state index in [4.69, 9.17) is 15.0 Å². The first kappa shape index (κ1) is 19.4. The van der Waals surface area contributed by atoms with Gasteiger partial charge in [0.2, 0.25) is 5.82 Å². The summed E-state index contributed by atoms with van der Waals surface area (Å²) >= 11 is 0. The Labute approximate surface area is 164 Å². The first-order valence-corrected chi connectivity index (χ1v) is 8.70. The minimum Gasteiger partial charge on any atom is -0.379 e. The zero-order valence-electron chi connectivity index (χ0n) is 14.9. The zero-order valence-corrected chi connectivity index (χ0v) is 15.7. The first-order chi connectivity index (χ1) is 12.8. The predicted molar refractivity (Wildman–Crippen MR) is 104 cm³/mol. The van der Waals surface area contributed by atoms with Gasteiger partial charge in [-0.1, -0.05) is 29.4 Å². The fraction of sp³-hybridized carbons (Fsp3) is 0.316. The zero-order chi connectivity index (χ0) is 17.8.